The van der Waals surface area contributed by atoms with E-state index in [9.17, 15) is 9.59 Å². The Balaban J connectivity index is 1.30. The molecule has 164 valence electrons. The Hall–Kier alpha value is -3.61. The van der Waals surface area contributed by atoms with Crippen molar-refractivity contribution in [3.63, 3.8) is 0 Å². The second-order valence-corrected chi connectivity index (χ2v) is 8.51. The molecule has 0 radical (unpaired) electrons. The summed E-state index contributed by atoms with van der Waals surface area (Å²) in [6.07, 6.45) is 3.56. The number of rotatable bonds is 4. The van der Waals surface area contributed by atoms with Gasteiger partial charge in [0.05, 0.1) is 23.7 Å². The number of hydrogen-bond acceptors (Lipinski definition) is 4. The quantitative estimate of drug-likeness (QED) is 0.452. The summed E-state index contributed by atoms with van der Waals surface area (Å²) in [4.78, 5) is 28.4. The van der Waals surface area contributed by atoms with Gasteiger partial charge in [0.25, 0.3) is 11.5 Å². The van der Waals surface area contributed by atoms with Crippen LogP contribution in [0.4, 0.5) is 0 Å². The summed E-state index contributed by atoms with van der Waals surface area (Å²) in [5.74, 6) is 0.909. The van der Waals surface area contributed by atoms with Gasteiger partial charge in [0, 0.05) is 22.7 Å². The van der Waals surface area contributed by atoms with E-state index in [1.807, 2.05) is 49.4 Å². The normalized spacial score (nSPS) is 18.7. The number of nitrogens with one attached hydrogen (secondary N) is 3. The van der Waals surface area contributed by atoms with E-state index in [0.717, 1.165) is 59.0 Å². The monoisotopic (exact) mass is 430 g/mol. The van der Waals surface area contributed by atoms with E-state index in [4.69, 9.17) is 4.74 Å². The third-order valence-electron chi connectivity index (χ3n) is 6.68. The van der Waals surface area contributed by atoms with Crippen molar-refractivity contribution in [2.75, 3.05) is 7.11 Å². The number of aromatic amines is 2. The van der Waals surface area contributed by atoms with Gasteiger partial charge in [-0.3, -0.25) is 9.59 Å². The number of carbonyl (C=O) groups is 1. The van der Waals surface area contributed by atoms with Crippen LogP contribution in [0.25, 0.3) is 21.7 Å². The minimum absolute atomic E-state index is 0.0863. The molecular formula is C25H26N4O3. The van der Waals surface area contributed by atoms with Gasteiger partial charge in [0.15, 0.2) is 0 Å². The van der Waals surface area contributed by atoms with E-state index >= 15 is 0 Å². The van der Waals surface area contributed by atoms with Crippen LogP contribution in [0, 0.1) is 6.92 Å². The fraction of sp³-hybridized carbons (Fsp3) is 0.320. The Kier molecular flexibility index (Phi) is 5.17. The van der Waals surface area contributed by atoms with Crippen LogP contribution in [0.15, 0.2) is 47.3 Å². The largest absolute Gasteiger partial charge is 0.495 e. The first kappa shape index (κ1) is 20.3. The van der Waals surface area contributed by atoms with Gasteiger partial charge < -0.3 is 15.0 Å². The highest BCUT2D eigenvalue weighted by molar-refractivity contribution is 6.02. The fourth-order valence-electron chi connectivity index (χ4n) is 4.94. The van der Waals surface area contributed by atoms with Crippen molar-refractivity contribution in [1.82, 2.24) is 20.5 Å². The summed E-state index contributed by atoms with van der Waals surface area (Å²) in [5.41, 5.74) is 3.14. The topological polar surface area (TPSA) is 99.9 Å². The molecule has 2 aromatic carbocycles. The lowest BCUT2D eigenvalue weighted by atomic mass is 9.82. The lowest BCUT2D eigenvalue weighted by molar-refractivity contribution is 0.0921. The number of amides is 1. The zero-order chi connectivity index (χ0) is 22.2. The van der Waals surface area contributed by atoms with Gasteiger partial charge >= 0.3 is 0 Å². The zero-order valence-corrected chi connectivity index (χ0v) is 18.2. The molecule has 5 rings (SSSR count). The van der Waals surface area contributed by atoms with Gasteiger partial charge in [-0.25, -0.2) is 5.10 Å². The number of hydrogen-bond donors (Lipinski definition) is 3. The number of nitrogens with zero attached hydrogens (tertiary/aromatic N) is 1. The molecule has 7 nitrogen and oxygen atoms in total. The number of methoxy groups -OCH3 is 1. The van der Waals surface area contributed by atoms with Crippen molar-refractivity contribution in [1.29, 1.82) is 0 Å². The van der Waals surface area contributed by atoms with Crippen molar-refractivity contribution < 1.29 is 9.53 Å². The molecule has 0 aliphatic heterocycles. The van der Waals surface area contributed by atoms with Crippen molar-refractivity contribution in [3.05, 3.63) is 69.8 Å². The molecule has 2 heterocycles. The highest BCUT2D eigenvalue weighted by Crippen LogP contribution is 2.35. The summed E-state index contributed by atoms with van der Waals surface area (Å²) in [6.45, 7) is 1.96. The van der Waals surface area contributed by atoms with Gasteiger partial charge in [-0.05, 0) is 50.3 Å². The van der Waals surface area contributed by atoms with Gasteiger partial charge in [0.1, 0.15) is 11.4 Å². The highest BCUT2D eigenvalue weighted by Gasteiger charge is 2.27. The molecule has 2 aromatic heterocycles. The molecule has 1 saturated carbocycles. The summed E-state index contributed by atoms with van der Waals surface area (Å²) in [6, 6.07) is 13.5. The van der Waals surface area contributed by atoms with Gasteiger partial charge in [-0.1, -0.05) is 30.3 Å². The fourth-order valence-corrected chi connectivity index (χ4v) is 4.94. The van der Waals surface area contributed by atoms with Crippen LogP contribution in [0.2, 0.25) is 0 Å². The molecule has 0 unspecified atom stereocenters. The Labute approximate surface area is 185 Å². The standard InChI is InChI=1S/C25H26N4O3/c1-14-17-8-5-9-20(32-2)23(17)27-21(14)25(31)26-16-12-10-15(11-13-16)22-18-6-3-4-7-19(18)24(30)29-28-22/h3-9,15-16,27H,10-13H2,1-2H3,(H,26,31)(H,29,30)/t15-,16-. The number of aromatic nitrogens is 3. The molecule has 4 aromatic rings. The van der Waals surface area contributed by atoms with Crippen molar-refractivity contribution in [3.8, 4) is 5.75 Å². The molecule has 1 fully saturated rings. The van der Waals surface area contributed by atoms with Crippen LogP contribution in [-0.2, 0) is 0 Å². The van der Waals surface area contributed by atoms with Crippen LogP contribution in [0.5, 0.6) is 5.75 Å². The van der Waals surface area contributed by atoms with Crippen molar-refractivity contribution in [2.45, 2.75) is 44.6 Å². The molecule has 1 aliphatic rings. The molecule has 1 amide bonds. The number of aryl methyl sites for hydroxylation is 1. The smallest absolute Gasteiger partial charge is 0.272 e. The molecule has 0 atom stereocenters. The molecule has 0 spiro atoms. The first-order valence-electron chi connectivity index (χ1n) is 11.0. The third kappa shape index (κ3) is 3.43. The Morgan fingerprint density at radius 3 is 2.50 bits per heavy atom. The van der Waals surface area contributed by atoms with E-state index < -0.39 is 0 Å². The van der Waals surface area contributed by atoms with E-state index in [1.54, 1.807) is 7.11 Å². The molecule has 32 heavy (non-hydrogen) atoms. The van der Waals surface area contributed by atoms with Crippen molar-refractivity contribution >= 4 is 27.6 Å². The van der Waals surface area contributed by atoms with Crippen LogP contribution < -0.4 is 15.6 Å². The minimum Gasteiger partial charge on any atom is -0.495 e. The molecular weight excluding hydrogens is 404 g/mol. The average molecular weight is 431 g/mol. The van der Waals surface area contributed by atoms with Crippen LogP contribution in [0.1, 0.15) is 53.3 Å². The molecule has 1 aliphatic carbocycles. The number of H-pyrrole nitrogens is 2. The van der Waals surface area contributed by atoms with E-state index in [2.05, 4.69) is 20.5 Å². The van der Waals surface area contributed by atoms with Gasteiger partial charge in [-0.15, -0.1) is 0 Å². The lowest BCUT2D eigenvalue weighted by Gasteiger charge is -2.29. The number of para-hydroxylation sites is 1. The number of fused-ring (bicyclic) bond motifs is 2. The first-order chi connectivity index (χ1) is 15.6. The predicted octanol–water partition coefficient (Wildman–Crippen LogP) is 4.18. The zero-order valence-electron chi connectivity index (χ0n) is 18.2. The van der Waals surface area contributed by atoms with E-state index in [-0.39, 0.29) is 23.4 Å². The van der Waals surface area contributed by atoms with Crippen molar-refractivity contribution in [2.24, 2.45) is 0 Å². The lowest BCUT2D eigenvalue weighted by Crippen LogP contribution is -2.38. The van der Waals surface area contributed by atoms with Crippen LogP contribution >= 0.6 is 0 Å². The Morgan fingerprint density at radius 2 is 1.75 bits per heavy atom. The SMILES string of the molecule is COc1cccc2c(C)c(C(=O)N[C@H]3CC[C@H](c4n[nH]c(=O)c5ccccc54)CC3)[nH]c12. The Bertz CT molecular complexity index is 1360. The van der Waals surface area contributed by atoms with Crippen LogP contribution in [0.3, 0.4) is 0 Å². The minimum atomic E-state index is -0.157. The second-order valence-electron chi connectivity index (χ2n) is 8.51. The van der Waals surface area contributed by atoms with Crippen LogP contribution in [-0.4, -0.2) is 34.2 Å². The maximum Gasteiger partial charge on any atom is 0.272 e. The highest BCUT2D eigenvalue weighted by atomic mass is 16.5. The molecule has 0 saturated heterocycles. The van der Waals surface area contributed by atoms with Gasteiger partial charge in [-0.2, -0.15) is 5.10 Å². The second kappa shape index (κ2) is 8.15. The van der Waals surface area contributed by atoms with E-state index in [1.165, 1.54) is 0 Å². The maximum atomic E-state index is 13.0. The summed E-state index contributed by atoms with van der Waals surface area (Å²) in [7, 11) is 1.63. The summed E-state index contributed by atoms with van der Waals surface area (Å²) < 4.78 is 5.43. The average Bonchev–Trinajstić information content (AvgIpc) is 3.17. The number of benzene rings is 2. The molecule has 3 N–H and O–H groups in total. The number of carbonyl (C=O) groups excluding carboxylic acids is 1. The van der Waals surface area contributed by atoms with Gasteiger partial charge in [0.2, 0.25) is 0 Å². The maximum absolute atomic E-state index is 13.0. The number of ether oxygens (including phenoxy) is 1. The molecule has 0 bridgehead atoms. The third-order valence-corrected chi connectivity index (χ3v) is 6.68. The summed E-state index contributed by atoms with van der Waals surface area (Å²) >= 11 is 0. The first-order valence-corrected chi connectivity index (χ1v) is 11.0. The summed E-state index contributed by atoms with van der Waals surface area (Å²) in [5, 5.41) is 12.8. The Morgan fingerprint density at radius 1 is 1.03 bits per heavy atom. The molecule has 7 heteroatoms. The predicted molar refractivity (Wildman–Crippen MR) is 124 cm³/mol. The van der Waals surface area contributed by atoms with E-state index in [0.29, 0.717) is 11.1 Å².